The van der Waals surface area contributed by atoms with Crippen LogP contribution in [0.4, 0.5) is 4.39 Å². The van der Waals surface area contributed by atoms with E-state index in [-0.39, 0.29) is 6.04 Å². The van der Waals surface area contributed by atoms with Gasteiger partial charge >= 0.3 is 5.97 Å². The molecule has 5 heteroatoms. The Morgan fingerprint density at radius 1 is 1.45 bits per heavy atom. The molecule has 1 aromatic carbocycles. The van der Waals surface area contributed by atoms with Gasteiger partial charge in [-0.15, -0.1) is 0 Å². The van der Waals surface area contributed by atoms with Gasteiger partial charge in [-0.05, 0) is 26.0 Å². The molecule has 20 heavy (non-hydrogen) atoms. The lowest BCUT2D eigenvalue weighted by Crippen LogP contribution is -2.28. The van der Waals surface area contributed by atoms with Gasteiger partial charge < -0.3 is 15.2 Å². The third kappa shape index (κ3) is 4.49. The Morgan fingerprint density at radius 3 is 2.70 bits per heavy atom. The fraction of sp³-hybridized carbons (Fsp3) is 0.533. The van der Waals surface area contributed by atoms with E-state index in [2.05, 4.69) is 5.32 Å². The van der Waals surface area contributed by atoms with Crippen LogP contribution in [0.3, 0.4) is 0 Å². The maximum absolute atomic E-state index is 13.4. The summed E-state index contributed by atoms with van der Waals surface area (Å²) in [4.78, 5) is 11.2. The van der Waals surface area contributed by atoms with Gasteiger partial charge in [-0.2, -0.15) is 0 Å². The molecule has 0 radical (unpaired) electrons. The van der Waals surface area contributed by atoms with Gasteiger partial charge in [0, 0.05) is 17.7 Å². The molecule has 0 aromatic heterocycles. The Hall–Kier alpha value is -1.62. The number of carboxylic acids is 1. The zero-order valence-corrected chi connectivity index (χ0v) is 12.1. The molecule has 112 valence electrons. The summed E-state index contributed by atoms with van der Waals surface area (Å²) in [6.45, 7) is 6.54. The first-order valence-corrected chi connectivity index (χ1v) is 6.91. The molecule has 0 spiro atoms. The molecule has 0 aliphatic heterocycles. The molecule has 0 saturated carbocycles. The van der Waals surface area contributed by atoms with Crippen LogP contribution in [0.1, 0.15) is 45.2 Å². The number of benzene rings is 1. The molecule has 1 rings (SSSR count). The predicted molar refractivity (Wildman–Crippen MR) is 75.5 cm³/mol. The van der Waals surface area contributed by atoms with Crippen molar-refractivity contribution in [1.82, 2.24) is 5.32 Å². The van der Waals surface area contributed by atoms with Gasteiger partial charge in [-0.1, -0.05) is 26.3 Å². The van der Waals surface area contributed by atoms with Crippen LogP contribution in [0, 0.1) is 5.82 Å². The number of rotatable bonds is 8. The molecule has 0 amide bonds. The average Bonchev–Trinajstić information content (AvgIpc) is 2.38. The first-order valence-electron chi connectivity index (χ1n) is 6.91. The van der Waals surface area contributed by atoms with E-state index in [1.165, 1.54) is 12.1 Å². The van der Waals surface area contributed by atoms with Crippen LogP contribution >= 0.6 is 0 Å². The molecule has 0 bridgehead atoms. The van der Waals surface area contributed by atoms with E-state index in [0.29, 0.717) is 18.6 Å². The summed E-state index contributed by atoms with van der Waals surface area (Å²) in [5.74, 6) is -1.18. The van der Waals surface area contributed by atoms with Crippen LogP contribution in [-0.4, -0.2) is 23.7 Å². The average molecular weight is 283 g/mol. The van der Waals surface area contributed by atoms with Gasteiger partial charge in [0.25, 0.3) is 0 Å². The van der Waals surface area contributed by atoms with Crippen molar-refractivity contribution in [2.75, 3.05) is 6.54 Å². The first-order chi connectivity index (χ1) is 9.49. The summed E-state index contributed by atoms with van der Waals surface area (Å²) in [6, 6.07) is 4.19. The first kappa shape index (κ1) is 16.4. The van der Waals surface area contributed by atoms with E-state index in [1.54, 1.807) is 6.07 Å². The molecule has 0 heterocycles. The molecule has 0 aliphatic rings. The molecule has 0 saturated heterocycles. The number of carboxylic acid groups (broad SMARTS) is 1. The Morgan fingerprint density at radius 2 is 2.15 bits per heavy atom. The third-order valence-corrected chi connectivity index (χ3v) is 3.05. The zero-order chi connectivity index (χ0) is 15.1. The minimum Gasteiger partial charge on any atom is -0.479 e. The lowest BCUT2D eigenvalue weighted by molar-refractivity contribution is -0.145. The van der Waals surface area contributed by atoms with Crippen LogP contribution in [0.5, 0.6) is 5.75 Å². The number of aliphatic carboxylic acids is 1. The van der Waals surface area contributed by atoms with Crippen LogP contribution in [0.25, 0.3) is 0 Å². The Bertz CT molecular complexity index is 451. The van der Waals surface area contributed by atoms with Crippen molar-refractivity contribution < 1.29 is 19.0 Å². The van der Waals surface area contributed by atoms with E-state index >= 15 is 0 Å². The van der Waals surface area contributed by atoms with Crippen LogP contribution in [0.2, 0.25) is 0 Å². The summed E-state index contributed by atoms with van der Waals surface area (Å²) in [5.41, 5.74) is 0.760. The standard InChI is InChI=1S/C15H22FNO3/c1-4-6-13(15(18)19)20-14-9-11(16)7-8-12(14)10(3)17-5-2/h7-10,13,17H,4-6H2,1-3H3,(H,18,19). The summed E-state index contributed by atoms with van der Waals surface area (Å²) < 4.78 is 18.9. The van der Waals surface area contributed by atoms with Crippen molar-refractivity contribution in [1.29, 1.82) is 0 Å². The summed E-state index contributed by atoms with van der Waals surface area (Å²) >= 11 is 0. The van der Waals surface area contributed by atoms with E-state index in [9.17, 15) is 9.18 Å². The van der Waals surface area contributed by atoms with Gasteiger partial charge in [0.05, 0.1) is 0 Å². The lowest BCUT2D eigenvalue weighted by Gasteiger charge is -2.21. The number of ether oxygens (including phenoxy) is 1. The Balaban J connectivity index is 3.01. The van der Waals surface area contributed by atoms with Crippen LogP contribution < -0.4 is 10.1 Å². The monoisotopic (exact) mass is 283 g/mol. The van der Waals surface area contributed by atoms with Crippen LogP contribution in [-0.2, 0) is 4.79 Å². The zero-order valence-electron chi connectivity index (χ0n) is 12.1. The fourth-order valence-corrected chi connectivity index (χ4v) is 2.03. The van der Waals surface area contributed by atoms with E-state index in [1.807, 2.05) is 20.8 Å². The molecule has 0 fully saturated rings. The molecule has 1 aromatic rings. The number of carbonyl (C=O) groups is 1. The number of hydrogen-bond acceptors (Lipinski definition) is 3. The van der Waals surface area contributed by atoms with Crippen molar-refractivity contribution in [3.05, 3.63) is 29.6 Å². The highest BCUT2D eigenvalue weighted by Gasteiger charge is 2.21. The van der Waals surface area contributed by atoms with Crippen molar-refractivity contribution in [2.24, 2.45) is 0 Å². The molecule has 2 atom stereocenters. The van der Waals surface area contributed by atoms with Gasteiger partial charge in [-0.25, -0.2) is 9.18 Å². The fourth-order valence-electron chi connectivity index (χ4n) is 2.03. The van der Waals surface area contributed by atoms with Crippen molar-refractivity contribution in [3.8, 4) is 5.75 Å². The highest BCUT2D eigenvalue weighted by Crippen LogP contribution is 2.27. The SMILES string of the molecule is CCCC(Oc1cc(F)ccc1C(C)NCC)C(=O)O. The van der Waals surface area contributed by atoms with E-state index < -0.39 is 17.9 Å². The minimum atomic E-state index is -1.03. The van der Waals surface area contributed by atoms with Gasteiger partial charge in [0.2, 0.25) is 0 Å². The van der Waals surface area contributed by atoms with Gasteiger partial charge in [-0.3, -0.25) is 0 Å². The van der Waals surface area contributed by atoms with E-state index in [0.717, 1.165) is 12.1 Å². The van der Waals surface area contributed by atoms with Crippen LogP contribution in [0.15, 0.2) is 18.2 Å². The third-order valence-electron chi connectivity index (χ3n) is 3.05. The number of nitrogens with one attached hydrogen (secondary N) is 1. The lowest BCUT2D eigenvalue weighted by atomic mass is 10.1. The van der Waals surface area contributed by atoms with Gasteiger partial charge in [0.15, 0.2) is 6.10 Å². The quantitative estimate of drug-likeness (QED) is 0.769. The number of halogens is 1. The minimum absolute atomic E-state index is 0.0355. The van der Waals surface area contributed by atoms with Crippen molar-refractivity contribution >= 4 is 5.97 Å². The maximum atomic E-state index is 13.4. The number of hydrogen-bond donors (Lipinski definition) is 2. The smallest absolute Gasteiger partial charge is 0.344 e. The maximum Gasteiger partial charge on any atom is 0.344 e. The van der Waals surface area contributed by atoms with Gasteiger partial charge in [0.1, 0.15) is 11.6 Å². The Kier molecular flexibility index (Phi) is 6.45. The normalized spacial score (nSPS) is 13.8. The molecule has 0 aliphatic carbocycles. The predicted octanol–water partition coefficient (Wildman–Crippen LogP) is 3.13. The summed E-state index contributed by atoms with van der Waals surface area (Å²) in [5, 5.41) is 12.3. The highest BCUT2D eigenvalue weighted by atomic mass is 19.1. The second kappa shape index (κ2) is 7.85. The molecule has 2 unspecified atom stereocenters. The molecular weight excluding hydrogens is 261 g/mol. The highest BCUT2D eigenvalue weighted by molar-refractivity contribution is 5.72. The summed E-state index contributed by atoms with van der Waals surface area (Å²) in [6.07, 6.45) is 0.125. The topological polar surface area (TPSA) is 58.6 Å². The second-order valence-electron chi connectivity index (χ2n) is 4.69. The second-order valence-corrected chi connectivity index (χ2v) is 4.69. The molecule has 2 N–H and O–H groups in total. The van der Waals surface area contributed by atoms with Crippen molar-refractivity contribution in [3.63, 3.8) is 0 Å². The molecular formula is C15H22FNO3. The van der Waals surface area contributed by atoms with E-state index in [4.69, 9.17) is 9.84 Å². The Labute approximate surface area is 119 Å². The van der Waals surface area contributed by atoms with Crippen molar-refractivity contribution in [2.45, 2.75) is 45.8 Å². The molecule has 4 nitrogen and oxygen atoms in total. The summed E-state index contributed by atoms with van der Waals surface area (Å²) in [7, 11) is 0. The largest absolute Gasteiger partial charge is 0.479 e.